The number of ether oxygens (including phenoxy) is 1. The van der Waals surface area contributed by atoms with E-state index in [1.165, 1.54) is 0 Å². The van der Waals surface area contributed by atoms with Gasteiger partial charge in [-0.3, -0.25) is 4.79 Å². The van der Waals surface area contributed by atoms with Crippen LogP contribution in [0.4, 0.5) is 0 Å². The molecule has 1 aliphatic carbocycles. The quantitative estimate of drug-likeness (QED) is 0.481. The summed E-state index contributed by atoms with van der Waals surface area (Å²) in [7, 11) is 0. The SMILES string of the molecule is CC1=NC(=S)NCC1C(=O)OCC1CC=CCC1. The van der Waals surface area contributed by atoms with Gasteiger partial charge in [-0.2, -0.15) is 0 Å². The minimum atomic E-state index is -0.296. The van der Waals surface area contributed by atoms with Crippen LogP contribution in [0.2, 0.25) is 0 Å². The Balaban J connectivity index is 1.82. The molecule has 5 heteroatoms. The molecule has 2 aliphatic rings. The molecule has 0 fully saturated rings. The molecule has 0 aromatic heterocycles. The fourth-order valence-electron chi connectivity index (χ4n) is 2.18. The van der Waals surface area contributed by atoms with Crippen LogP contribution < -0.4 is 5.32 Å². The fourth-order valence-corrected chi connectivity index (χ4v) is 2.40. The Morgan fingerprint density at radius 3 is 3.11 bits per heavy atom. The molecule has 2 unspecified atom stereocenters. The van der Waals surface area contributed by atoms with E-state index in [4.69, 9.17) is 17.0 Å². The number of carbonyl (C=O) groups excluding carboxylic acids is 1. The summed E-state index contributed by atoms with van der Waals surface area (Å²) in [4.78, 5) is 16.1. The summed E-state index contributed by atoms with van der Waals surface area (Å²) in [5.41, 5.74) is 0.743. The molecular weight excluding hydrogens is 248 g/mol. The van der Waals surface area contributed by atoms with Gasteiger partial charge >= 0.3 is 5.97 Å². The molecule has 0 aromatic carbocycles. The zero-order valence-corrected chi connectivity index (χ0v) is 11.3. The summed E-state index contributed by atoms with van der Waals surface area (Å²) in [6, 6.07) is 0. The molecule has 0 radical (unpaired) electrons. The van der Waals surface area contributed by atoms with E-state index in [9.17, 15) is 4.79 Å². The summed E-state index contributed by atoms with van der Waals surface area (Å²) in [6.45, 7) is 2.83. The normalized spacial score (nSPS) is 27.4. The summed E-state index contributed by atoms with van der Waals surface area (Å²) < 4.78 is 5.39. The van der Waals surface area contributed by atoms with Crippen molar-refractivity contribution < 1.29 is 9.53 Å². The maximum Gasteiger partial charge on any atom is 0.316 e. The van der Waals surface area contributed by atoms with Gasteiger partial charge < -0.3 is 10.1 Å². The molecule has 0 spiro atoms. The minimum absolute atomic E-state index is 0.194. The highest BCUT2D eigenvalue weighted by atomic mass is 32.1. The second-order valence-electron chi connectivity index (χ2n) is 4.77. The Bertz CT molecular complexity index is 404. The number of carbonyl (C=O) groups is 1. The summed E-state index contributed by atoms with van der Waals surface area (Å²) >= 11 is 4.93. The number of esters is 1. The average molecular weight is 266 g/mol. The molecule has 98 valence electrons. The van der Waals surface area contributed by atoms with Gasteiger partial charge in [0.2, 0.25) is 0 Å². The van der Waals surface area contributed by atoms with Crippen molar-refractivity contribution in [2.75, 3.05) is 13.2 Å². The second kappa shape index (κ2) is 6.09. The second-order valence-corrected chi connectivity index (χ2v) is 5.16. The average Bonchev–Trinajstić information content (AvgIpc) is 2.37. The molecule has 0 bridgehead atoms. The molecule has 1 aliphatic heterocycles. The predicted molar refractivity (Wildman–Crippen MR) is 74.6 cm³/mol. The van der Waals surface area contributed by atoms with Crippen LogP contribution in [0, 0.1) is 11.8 Å². The highest BCUT2D eigenvalue weighted by Gasteiger charge is 2.27. The summed E-state index contributed by atoms with van der Waals surface area (Å²) in [6.07, 6.45) is 7.54. The van der Waals surface area contributed by atoms with Crippen LogP contribution in [0.5, 0.6) is 0 Å². The van der Waals surface area contributed by atoms with Gasteiger partial charge in [0.15, 0.2) is 5.11 Å². The van der Waals surface area contributed by atoms with Gasteiger partial charge in [0.05, 0.1) is 6.61 Å². The Kier molecular flexibility index (Phi) is 4.47. The Morgan fingerprint density at radius 1 is 1.61 bits per heavy atom. The first-order chi connectivity index (χ1) is 8.66. The molecule has 0 aromatic rings. The lowest BCUT2D eigenvalue weighted by atomic mass is 9.95. The van der Waals surface area contributed by atoms with Crippen molar-refractivity contribution in [1.82, 2.24) is 5.32 Å². The first kappa shape index (κ1) is 13.2. The highest BCUT2D eigenvalue weighted by molar-refractivity contribution is 7.80. The zero-order valence-electron chi connectivity index (χ0n) is 10.5. The molecule has 0 saturated heterocycles. The van der Waals surface area contributed by atoms with E-state index < -0.39 is 0 Å². The smallest absolute Gasteiger partial charge is 0.316 e. The third-order valence-corrected chi connectivity index (χ3v) is 3.60. The lowest BCUT2D eigenvalue weighted by molar-refractivity contribution is -0.147. The van der Waals surface area contributed by atoms with Crippen molar-refractivity contribution in [1.29, 1.82) is 0 Å². The van der Waals surface area contributed by atoms with E-state index >= 15 is 0 Å². The first-order valence-corrected chi connectivity index (χ1v) is 6.72. The molecule has 2 rings (SSSR count). The van der Waals surface area contributed by atoms with E-state index in [1.54, 1.807) is 0 Å². The maximum atomic E-state index is 12.0. The fraction of sp³-hybridized carbons (Fsp3) is 0.615. The van der Waals surface area contributed by atoms with Gasteiger partial charge in [0.25, 0.3) is 0 Å². The number of hydrogen-bond donors (Lipinski definition) is 1. The molecule has 1 heterocycles. The van der Waals surface area contributed by atoms with Crippen LogP contribution in [0.1, 0.15) is 26.2 Å². The summed E-state index contributed by atoms with van der Waals surface area (Å²) in [5, 5.41) is 3.37. The van der Waals surface area contributed by atoms with E-state index in [2.05, 4.69) is 22.5 Å². The van der Waals surface area contributed by atoms with Crippen LogP contribution in [-0.4, -0.2) is 29.9 Å². The zero-order chi connectivity index (χ0) is 13.0. The number of allylic oxidation sites excluding steroid dienone is 2. The minimum Gasteiger partial charge on any atom is -0.465 e. The van der Waals surface area contributed by atoms with Gasteiger partial charge in [-0.25, -0.2) is 4.99 Å². The van der Waals surface area contributed by atoms with Gasteiger partial charge in [-0.05, 0) is 44.3 Å². The van der Waals surface area contributed by atoms with E-state index in [-0.39, 0.29) is 11.9 Å². The van der Waals surface area contributed by atoms with Crippen LogP contribution >= 0.6 is 12.2 Å². The lowest BCUT2D eigenvalue weighted by Crippen LogP contribution is -2.41. The molecule has 1 N–H and O–H groups in total. The Labute approximate surface area is 112 Å². The molecule has 2 atom stereocenters. The van der Waals surface area contributed by atoms with Gasteiger partial charge in [-0.1, -0.05) is 12.2 Å². The van der Waals surface area contributed by atoms with Gasteiger partial charge in [-0.15, -0.1) is 0 Å². The van der Waals surface area contributed by atoms with Crippen molar-refractivity contribution in [2.45, 2.75) is 26.2 Å². The van der Waals surface area contributed by atoms with E-state index in [1.807, 2.05) is 6.92 Å². The van der Waals surface area contributed by atoms with Crippen molar-refractivity contribution >= 4 is 29.0 Å². The number of thiocarbonyl (C=S) groups is 1. The van der Waals surface area contributed by atoms with Crippen LogP contribution in [0.25, 0.3) is 0 Å². The van der Waals surface area contributed by atoms with E-state index in [0.29, 0.717) is 24.2 Å². The van der Waals surface area contributed by atoms with Crippen LogP contribution in [0.15, 0.2) is 17.1 Å². The van der Waals surface area contributed by atoms with E-state index in [0.717, 1.165) is 25.0 Å². The van der Waals surface area contributed by atoms with Crippen molar-refractivity contribution in [3.05, 3.63) is 12.2 Å². The predicted octanol–water partition coefficient (Wildman–Crippen LogP) is 1.85. The number of nitrogens with zero attached hydrogens (tertiary/aromatic N) is 1. The lowest BCUT2D eigenvalue weighted by Gasteiger charge is -2.23. The molecular formula is C13H18N2O2S. The topological polar surface area (TPSA) is 50.7 Å². The first-order valence-electron chi connectivity index (χ1n) is 6.31. The van der Waals surface area contributed by atoms with Crippen molar-refractivity contribution in [3.8, 4) is 0 Å². The van der Waals surface area contributed by atoms with Gasteiger partial charge in [0.1, 0.15) is 5.92 Å². The maximum absolute atomic E-state index is 12.0. The third kappa shape index (κ3) is 3.38. The number of rotatable bonds is 3. The summed E-state index contributed by atoms with van der Waals surface area (Å²) in [5.74, 6) is -0.0227. The van der Waals surface area contributed by atoms with Crippen LogP contribution in [-0.2, 0) is 9.53 Å². The highest BCUT2D eigenvalue weighted by Crippen LogP contribution is 2.19. The molecule has 0 amide bonds. The molecule has 18 heavy (non-hydrogen) atoms. The van der Waals surface area contributed by atoms with Crippen molar-refractivity contribution in [3.63, 3.8) is 0 Å². The number of nitrogens with one attached hydrogen (secondary N) is 1. The standard InChI is InChI=1S/C13H18N2O2S/c1-9-11(7-14-13(18)15-9)12(16)17-8-10-5-3-2-4-6-10/h2-3,10-11H,4-8H2,1H3,(H,14,18). The van der Waals surface area contributed by atoms with Crippen LogP contribution in [0.3, 0.4) is 0 Å². The number of aliphatic imine (C=N–C) groups is 1. The third-order valence-electron chi connectivity index (χ3n) is 3.36. The monoisotopic (exact) mass is 266 g/mol. The Hall–Kier alpha value is -1.23. The Morgan fingerprint density at radius 2 is 2.44 bits per heavy atom. The number of hydrogen-bond acceptors (Lipinski definition) is 3. The molecule has 4 nitrogen and oxygen atoms in total. The largest absolute Gasteiger partial charge is 0.465 e. The van der Waals surface area contributed by atoms with Crippen molar-refractivity contribution in [2.24, 2.45) is 16.8 Å². The van der Waals surface area contributed by atoms with Gasteiger partial charge in [0, 0.05) is 12.3 Å². The molecule has 0 saturated carbocycles.